The minimum Gasteiger partial charge on any atom is -0.399 e. The van der Waals surface area contributed by atoms with E-state index in [1.165, 1.54) is 24.9 Å². The minimum atomic E-state index is 0.275. The van der Waals surface area contributed by atoms with E-state index < -0.39 is 0 Å². The molecule has 106 valence electrons. The van der Waals surface area contributed by atoms with Gasteiger partial charge in [-0.3, -0.25) is 0 Å². The highest BCUT2D eigenvalue weighted by Crippen LogP contribution is 2.33. The van der Waals surface area contributed by atoms with Crippen molar-refractivity contribution in [3.63, 3.8) is 0 Å². The molecule has 19 heavy (non-hydrogen) atoms. The van der Waals surface area contributed by atoms with Gasteiger partial charge in [0.05, 0.1) is 0 Å². The molecule has 3 heteroatoms. The summed E-state index contributed by atoms with van der Waals surface area (Å²) < 4.78 is 0. The Kier molecular flexibility index (Phi) is 5.23. The molecule has 0 aliphatic carbocycles. The first-order valence-corrected chi connectivity index (χ1v) is 7.43. The van der Waals surface area contributed by atoms with Crippen molar-refractivity contribution in [2.45, 2.75) is 32.1 Å². The summed E-state index contributed by atoms with van der Waals surface area (Å²) in [6.07, 6.45) is 3.63. The van der Waals surface area contributed by atoms with Crippen LogP contribution in [0.1, 0.15) is 37.7 Å². The second kappa shape index (κ2) is 6.92. The number of piperidine rings is 1. The van der Waals surface area contributed by atoms with Crippen LogP contribution in [0.3, 0.4) is 0 Å². The molecule has 2 rings (SSSR count). The zero-order valence-electron chi connectivity index (χ0n) is 11.9. The maximum atomic E-state index is 9.67. The van der Waals surface area contributed by atoms with Crippen molar-refractivity contribution in [1.29, 1.82) is 0 Å². The first kappa shape index (κ1) is 14.4. The van der Waals surface area contributed by atoms with E-state index in [0.717, 1.165) is 25.2 Å². The number of nitrogens with zero attached hydrogens (tertiary/aromatic N) is 1. The van der Waals surface area contributed by atoms with Crippen molar-refractivity contribution in [2.75, 3.05) is 32.0 Å². The van der Waals surface area contributed by atoms with Crippen LogP contribution in [-0.4, -0.2) is 36.2 Å². The summed E-state index contributed by atoms with van der Waals surface area (Å²) in [7, 11) is 0. The third-order valence-corrected chi connectivity index (χ3v) is 4.25. The van der Waals surface area contributed by atoms with Crippen LogP contribution in [0.4, 0.5) is 5.69 Å². The lowest BCUT2D eigenvalue weighted by Gasteiger charge is -2.38. The second-order valence-corrected chi connectivity index (χ2v) is 5.66. The number of aliphatic hydroxyl groups is 1. The van der Waals surface area contributed by atoms with E-state index in [1.54, 1.807) is 0 Å². The van der Waals surface area contributed by atoms with Crippen LogP contribution in [0.5, 0.6) is 0 Å². The standard InChI is InChI=1S/C16H26N2O/c1-2-3-9-18-10-8-16(14(11-18)12-19)13-4-6-15(17)7-5-13/h4-7,14,16,19H,2-3,8-12,17H2,1H3/t14-,16-/m0/s1. The SMILES string of the molecule is CCCCN1CC[C@@H](c2ccc(N)cc2)[C@H](CO)C1. The summed E-state index contributed by atoms with van der Waals surface area (Å²) in [5.41, 5.74) is 7.88. The molecule has 1 fully saturated rings. The van der Waals surface area contributed by atoms with Crippen LogP contribution in [0.25, 0.3) is 0 Å². The van der Waals surface area contributed by atoms with Crippen LogP contribution in [0.15, 0.2) is 24.3 Å². The number of anilines is 1. The van der Waals surface area contributed by atoms with E-state index in [-0.39, 0.29) is 6.61 Å². The normalized spacial score (nSPS) is 24.5. The molecule has 1 saturated heterocycles. The topological polar surface area (TPSA) is 49.5 Å². The molecule has 1 aromatic carbocycles. The van der Waals surface area contributed by atoms with E-state index in [9.17, 15) is 5.11 Å². The summed E-state index contributed by atoms with van der Waals surface area (Å²) >= 11 is 0. The lowest BCUT2D eigenvalue weighted by molar-refractivity contribution is 0.101. The minimum absolute atomic E-state index is 0.275. The smallest absolute Gasteiger partial charge is 0.0477 e. The van der Waals surface area contributed by atoms with Crippen LogP contribution < -0.4 is 5.73 Å². The summed E-state index contributed by atoms with van der Waals surface area (Å²) in [5, 5.41) is 9.67. The fraction of sp³-hybridized carbons (Fsp3) is 0.625. The Bertz CT molecular complexity index is 377. The molecule has 1 aromatic rings. The monoisotopic (exact) mass is 262 g/mol. The van der Waals surface area contributed by atoms with Crippen LogP contribution in [0.2, 0.25) is 0 Å². The molecule has 2 atom stereocenters. The largest absolute Gasteiger partial charge is 0.399 e. The Labute approximate surface area is 116 Å². The average Bonchev–Trinajstić information content (AvgIpc) is 2.46. The highest BCUT2D eigenvalue weighted by molar-refractivity contribution is 5.40. The second-order valence-electron chi connectivity index (χ2n) is 5.66. The van der Waals surface area contributed by atoms with E-state index in [1.807, 2.05) is 12.1 Å². The number of hydrogen-bond acceptors (Lipinski definition) is 3. The van der Waals surface area contributed by atoms with E-state index in [0.29, 0.717) is 11.8 Å². The van der Waals surface area contributed by atoms with Crippen LogP contribution in [0, 0.1) is 5.92 Å². The van der Waals surface area contributed by atoms with Crippen molar-refractivity contribution in [3.8, 4) is 0 Å². The Morgan fingerprint density at radius 3 is 2.68 bits per heavy atom. The van der Waals surface area contributed by atoms with Crippen molar-refractivity contribution in [1.82, 2.24) is 4.90 Å². The molecule has 1 aliphatic rings. The van der Waals surface area contributed by atoms with Gasteiger partial charge in [-0.25, -0.2) is 0 Å². The lowest BCUT2D eigenvalue weighted by atomic mass is 9.81. The number of hydrogen-bond donors (Lipinski definition) is 2. The highest BCUT2D eigenvalue weighted by Gasteiger charge is 2.29. The predicted octanol–water partition coefficient (Wildman–Crippen LogP) is 2.47. The van der Waals surface area contributed by atoms with E-state index >= 15 is 0 Å². The van der Waals surface area contributed by atoms with Crippen molar-refractivity contribution in [3.05, 3.63) is 29.8 Å². The molecular formula is C16H26N2O. The van der Waals surface area contributed by atoms with Gasteiger partial charge < -0.3 is 15.7 Å². The maximum absolute atomic E-state index is 9.67. The van der Waals surface area contributed by atoms with Gasteiger partial charge in [0.25, 0.3) is 0 Å². The fourth-order valence-corrected chi connectivity index (χ4v) is 3.06. The molecule has 0 radical (unpaired) electrons. The number of aliphatic hydroxyl groups excluding tert-OH is 1. The number of unbranched alkanes of at least 4 members (excludes halogenated alkanes) is 1. The predicted molar refractivity (Wildman–Crippen MR) is 80.1 cm³/mol. The van der Waals surface area contributed by atoms with Gasteiger partial charge in [-0.1, -0.05) is 25.5 Å². The quantitative estimate of drug-likeness (QED) is 0.801. The molecule has 0 bridgehead atoms. The molecule has 0 spiro atoms. The van der Waals surface area contributed by atoms with E-state index in [2.05, 4.69) is 24.0 Å². The Morgan fingerprint density at radius 2 is 2.05 bits per heavy atom. The summed E-state index contributed by atoms with van der Waals surface area (Å²) in [5.74, 6) is 0.831. The summed E-state index contributed by atoms with van der Waals surface area (Å²) in [6, 6.07) is 8.16. The molecule has 0 amide bonds. The number of benzene rings is 1. The van der Waals surface area contributed by atoms with Gasteiger partial charge in [-0.15, -0.1) is 0 Å². The molecule has 0 saturated carbocycles. The number of nitrogen functional groups attached to an aromatic ring is 1. The van der Waals surface area contributed by atoms with Crippen molar-refractivity contribution in [2.24, 2.45) is 5.92 Å². The van der Waals surface area contributed by atoms with Gasteiger partial charge in [0.15, 0.2) is 0 Å². The Hall–Kier alpha value is -1.06. The summed E-state index contributed by atoms with van der Waals surface area (Å²) in [6.45, 7) is 5.83. The number of nitrogens with two attached hydrogens (primary N) is 1. The number of likely N-dealkylation sites (tertiary alicyclic amines) is 1. The van der Waals surface area contributed by atoms with Gasteiger partial charge in [-0.05, 0) is 49.5 Å². The molecule has 1 aliphatic heterocycles. The van der Waals surface area contributed by atoms with Gasteiger partial charge >= 0.3 is 0 Å². The third kappa shape index (κ3) is 3.71. The first-order valence-electron chi connectivity index (χ1n) is 7.43. The van der Waals surface area contributed by atoms with Crippen LogP contribution >= 0.6 is 0 Å². The molecule has 3 N–H and O–H groups in total. The zero-order chi connectivity index (χ0) is 13.7. The van der Waals surface area contributed by atoms with Gasteiger partial charge in [0, 0.05) is 24.8 Å². The zero-order valence-corrected chi connectivity index (χ0v) is 11.9. The highest BCUT2D eigenvalue weighted by atomic mass is 16.3. The van der Waals surface area contributed by atoms with Gasteiger partial charge in [0.1, 0.15) is 0 Å². The number of rotatable bonds is 5. The third-order valence-electron chi connectivity index (χ3n) is 4.25. The fourth-order valence-electron chi connectivity index (χ4n) is 3.06. The molecule has 1 heterocycles. The molecule has 0 aromatic heterocycles. The Morgan fingerprint density at radius 1 is 1.32 bits per heavy atom. The van der Waals surface area contributed by atoms with Crippen LogP contribution in [-0.2, 0) is 0 Å². The van der Waals surface area contributed by atoms with E-state index in [4.69, 9.17) is 5.73 Å². The van der Waals surface area contributed by atoms with Crippen molar-refractivity contribution < 1.29 is 5.11 Å². The average molecular weight is 262 g/mol. The first-order chi connectivity index (χ1) is 9.24. The molecular weight excluding hydrogens is 236 g/mol. The molecule has 0 unspecified atom stereocenters. The lowest BCUT2D eigenvalue weighted by Crippen LogP contribution is -2.41. The van der Waals surface area contributed by atoms with Crippen molar-refractivity contribution >= 4 is 5.69 Å². The summed E-state index contributed by atoms with van der Waals surface area (Å²) in [4.78, 5) is 2.50. The van der Waals surface area contributed by atoms with Gasteiger partial charge in [0.2, 0.25) is 0 Å². The molecule has 3 nitrogen and oxygen atoms in total. The maximum Gasteiger partial charge on any atom is 0.0477 e. The Balaban J connectivity index is 2.00. The van der Waals surface area contributed by atoms with Gasteiger partial charge in [-0.2, -0.15) is 0 Å².